The lowest BCUT2D eigenvalue weighted by molar-refractivity contribution is 0.153. The lowest BCUT2D eigenvalue weighted by Crippen LogP contribution is -2.24. The molecule has 1 aliphatic heterocycles. The van der Waals surface area contributed by atoms with Gasteiger partial charge in [-0.1, -0.05) is 42.0 Å². The SMILES string of the molecule is C1=C(CCNC(c2ccccc2)c2ccncc2)CCOC1. The molecule has 0 fully saturated rings. The van der Waals surface area contributed by atoms with Gasteiger partial charge in [0.15, 0.2) is 0 Å². The Labute approximate surface area is 132 Å². The number of nitrogens with zero attached hydrogens (tertiary/aromatic N) is 1. The van der Waals surface area contributed by atoms with Crippen LogP contribution in [0.3, 0.4) is 0 Å². The molecule has 1 unspecified atom stereocenters. The molecule has 1 N–H and O–H groups in total. The van der Waals surface area contributed by atoms with Gasteiger partial charge in [0.1, 0.15) is 0 Å². The first-order chi connectivity index (χ1) is 10.9. The predicted octanol–water partition coefficient (Wildman–Crippen LogP) is 3.50. The summed E-state index contributed by atoms with van der Waals surface area (Å²) in [7, 11) is 0. The van der Waals surface area contributed by atoms with Gasteiger partial charge in [0.2, 0.25) is 0 Å². The van der Waals surface area contributed by atoms with Crippen LogP contribution in [0.5, 0.6) is 0 Å². The monoisotopic (exact) mass is 294 g/mol. The van der Waals surface area contributed by atoms with Crippen molar-refractivity contribution in [1.29, 1.82) is 0 Å². The fourth-order valence-electron chi connectivity index (χ4n) is 2.80. The molecule has 0 spiro atoms. The minimum atomic E-state index is 0.213. The highest BCUT2D eigenvalue weighted by Gasteiger charge is 2.13. The first kappa shape index (κ1) is 14.9. The standard InChI is InChI=1S/C19H22N2O/c1-2-4-17(5-3-1)19(18-7-11-20-12-8-18)21-13-6-16-9-14-22-15-10-16/h1-5,7-9,11-12,19,21H,6,10,13-15H2. The van der Waals surface area contributed by atoms with Crippen LogP contribution in [0.15, 0.2) is 66.5 Å². The van der Waals surface area contributed by atoms with E-state index in [4.69, 9.17) is 4.74 Å². The summed E-state index contributed by atoms with van der Waals surface area (Å²) in [5.74, 6) is 0. The Hall–Kier alpha value is -1.97. The van der Waals surface area contributed by atoms with E-state index in [9.17, 15) is 0 Å². The Balaban J connectivity index is 1.68. The van der Waals surface area contributed by atoms with Gasteiger partial charge >= 0.3 is 0 Å². The normalized spacial score (nSPS) is 16.1. The summed E-state index contributed by atoms with van der Waals surface area (Å²) in [6.07, 6.45) is 8.07. The number of rotatable bonds is 6. The summed E-state index contributed by atoms with van der Waals surface area (Å²) in [6, 6.07) is 15.0. The van der Waals surface area contributed by atoms with E-state index in [-0.39, 0.29) is 6.04 Å². The molecule has 1 atom stereocenters. The molecular formula is C19H22N2O. The predicted molar refractivity (Wildman–Crippen MR) is 88.7 cm³/mol. The summed E-state index contributed by atoms with van der Waals surface area (Å²) < 4.78 is 5.36. The Morgan fingerprint density at radius 2 is 1.82 bits per heavy atom. The zero-order valence-electron chi connectivity index (χ0n) is 12.7. The highest BCUT2D eigenvalue weighted by molar-refractivity contribution is 5.30. The van der Waals surface area contributed by atoms with Gasteiger partial charge < -0.3 is 10.1 Å². The molecule has 2 heterocycles. The van der Waals surface area contributed by atoms with Gasteiger partial charge in [-0.3, -0.25) is 4.98 Å². The average Bonchev–Trinajstić information content (AvgIpc) is 2.61. The van der Waals surface area contributed by atoms with Crippen molar-refractivity contribution in [3.63, 3.8) is 0 Å². The van der Waals surface area contributed by atoms with Crippen LogP contribution in [-0.2, 0) is 4.74 Å². The van der Waals surface area contributed by atoms with Crippen LogP contribution in [-0.4, -0.2) is 24.7 Å². The number of pyridine rings is 1. The summed E-state index contributed by atoms with van der Waals surface area (Å²) in [6.45, 7) is 2.59. The highest BCUT2D eigenvalue weighted by atomic mass is 16.5. The van der Waals surface area contributed by atoms with Crippen molar-refractivity contribution in [2.75, 3.05) is 19.8 Å². The molecule has 3 heteroatoms. The van der Waals surface area contributed by atoms with E-state index in [1.807, 2.05) is 12.4 Å². The van der Waals surface area contributed by atoms with Gasteiger partial charge in [0.25, 0.3) is 0 Å². The lowest BCUT2D eigenvalue weighted by Gasteiger charge is -2.21. The lowest BCUT2D eigenvalue weighted by atomic mass is 9.99. The molecule has 0 aliphatic carbocycles. The quantitative estimate of drug-likeness (QED) is 0.828. The number of hydrogen-bond donors (Lipinski definition) is 1. The fourth-order valence-corrected chi connectivity index (χ4v) is 2.80. The maximum atomic E-state index is 5.36. The second-order valence-electron chi connectivity index (χ2n) is 5.52. The number of nitrogens with one attached hydrogen (secondary N) is 1. The second kappa shape index (κ2) is 7.87. The van der Waals surface area contributed by atoms with Gasteiger partial charge in [-0.2, -0.15) is 0 Å². The van der Waals surface area contributed by atoms with E-state index in [0.29, 0.717) is 0 Å². The summed E-state index contributed by atoms with van der Waals surface area (Å²) in [4.78, 5) is 4.12. The molecule has 1 aromatic heterocycles. The average molecular weight is 294 g/mol. The maximum Gasteiger partial charge on any atom is 0.0650 e. The molecule has 0 saturated heterocycles. The largest absolute Gasteiger partial charge is 0.377 e. The Bertz CT molecular complexity index is 556. The Morgan fingerprint density at radius 1 is 1.05 bits per heavy atom. The first-order valence-electron chi connectivity index (χ1n) is 7.87. The topological polar surface area (TPSA) is 34.2 Å². The number of ether oxygens (including phenoxy) is 1. The molecule has 3 nitrogen and oxygen atoms in total. The van der Waals surface area contributed by atoms with Gasteiger partial charge in [0.05, 0.1) is 19.3 Å². The van der Waals surface area contributed by atoms with Crippen LogP contribution in [0.25, 0.3) is 0 Å². The third kappa shape index (κ3) is 4.03. The third-order valence-corrected chi connectivity index (χ3v) is 4.02. The molecule has 0 bridgehead atoms. The summed E-state index contributed by atoms with van der Waals surface area (Å²) in [5.41, 5.74) is 4.04. The number of benzene rings is 1. The minimum Gasteiger partial charge on any atom is -0.377 e. The van der Waals surface area contributed by atoms with Gasteiger partial charge in [-0.15, -0.1) is 0 Å². The number of aromatic nitrogens is 1. The van der Waals surface area contributed by atoms with Crippen LogP contribution >= 0.6 is 0 Å². The van der Waals surface area contributed by atoms with Crippen molar-refractivity contribution in [3.8, 4) is 0 Å². The molecule has 0 radical (unpaired) electrons. The van der Waals surface area contributed by atoms with Gasteiger partial charge in [-0.25, -0.2) is 0 Å². The van der Waals surface area contributed by atoms with Crippen LogP contribution in [0.4, 0.5) is 0 Å². The van der Waals surface area contributed by atoms with Crippen molar-refractivity contribution >= 4 is 0 Å². The molecule has 1 aliphatic rings. The van der Waals surface area contributed by atoms with Gasteiger partial charge in [-0.05, 0) is 42.6 Å². The van der Waals surface area contributed by atoms with Gasteiger partial charge in [0, 0.05) is 12.4 Å². The van der Waals surface area contributed by atoms with Crippen molar-refractivity contribution in [2.45, 2.75) is 18.9 Å². The van der Waals surface area contributed by atoms with Crippen LogP contribution in [0.1, 0.15) is 30.0 Å². The van der Waals surface area contributed by atoms with Crippen molar-refractivity contribution in [1.82, 2.24) is 10.3 Å². The van der Waals surface area contributed by atoms with Crippen molar-refractivity contribution in [2.24, 2.45) is 0 Å². The molecule has 0 saturated carbocycles. The van der Waals surface area contributed by atoms with Crippen LogP contribution in [0, 0.1) is 0 Å². The highest BCUT2D eigenvalue weighted by Crippen LogP contribution is 2.21. The Morgan fingerprint density at radius 3 is 2.55 bits per heavy atom. The summed E-state index contributed by atoms with van der Waals surface area (Å²) >= 11 is 0. The Kier molecular flexibility index (Phi) is 5.35. The van der Waals surface area contributed by atoms with E-state index in [1.165, 1.54) is 16.7 Å². The van der Waals surface area contributed by atoms with E-state index in [1.54, 1.807) is 0 Å². The zero-order chi connectivity index (χ0) is 15.0. The molecular weight excluding hydrogens is 272 g/mol. The molecule has 0 amide bonds. The van der Waals surface area contributed by atoms with E-state index >= 15 is 0 Å². The minimum absolute atomic E-state index is 0.213. The van der Waals surface area contributed by atoms with Crippen LogP contribution < -0.4 is 5.32 Å². The first-order valence-corrected chi connectivity index (χ1v) is 7.87. The summed E-state index contributed by atoms with van der Waals surface area (Å²) in [5, 5.41) is 3.69. The smallest absolute Gasteiger partial charge is 0.0650 e. The van der Waals surface area contributed by atoms with E-state index < -0.39 is 0 Å². The molecule has 114 valence electrons. The zero-order valence-corrected chi connectivity index (χ0v) is 12.7. The molecule has 3 rings (SSSR count). The number of hydrogen-bond acceptors (Lipinski definition) is 3. The van der Waals surface area contributed by atoms with Crippen LogP contribution in [0.2, 0.25) is 0 Å². The van der Waals surface area contributed by atoms with Crippen molar-refractivity contribution < 1.29 is 4.74 Å². The fraction of sp³-hybridized carbons (Fsp3) is 0.316. The van der Waals surface area contributed by atoms with E-state index in [0.717, 1.165) is 32.6 Å². The molecule has 22 heavy (non-hydrogen) atoms. The van der Waals surface area contributed by atoms with Crippen molar-refractivity contribution in [3.05, 3.63) is 77.6 Å². The third-order valence-electron chi connectivity index (χ3n) is 4.02. The maximum absolute atomic E-state index is 5.36. The molecule has 1 aromatic carbocycles. The second-order valence-corrected chi connectivity index (χ2v) is 5.52. The molecule has 2 aromatic rings. The van der Waals surface area contributed by atoms with E-state index in [2.05, 4.69) is 58.8 Å².